The van der Waals surface area contributed by atoms with Crippen LogP contribution in [0.25, 0.3) is 5.69 Å². The Morgan fingerprint density at radius 3 is 2.43 bits per heavy atom. The lowest BCUT2D eigenvalue weighted by atomic mass is 10.2. The quantitative estimate of drug-likeness (QED) is 0.303. The monoisotopic (exact) mass is 502 g/mol. The van der Waals surface area contributed by atoms with Crippen molar-refractivity contribution >= 4 is 35.2 Å². The fourth-order valence-electron chi connectivity index (χ4n) is 3.55. The summed E-state index contributed by atoms with van der Waals surface area (Å²) < 4.78 is 11.0. The number of benzene rings is 2. The Morgan fingerprint density at radius 2 is 1.83 bits per heavy atom. The van der Waals surface area contributed by atoms with E-state index in [0.29, 0.717) is 16.8 Å². The highest BCUT2D eigenvalue weighted by atomic mass is 35.5. The molecule has 0 radical (unpaired) electrons. The molecule has 1 amide bonds. The normalized spacial score (nSPS) is 12.9. The van der Waals surface area contributed by atoms with Gasteiger partial charge in [-0.05, 0) is 30.3 Å². The van der Waals surface area contributed by atoms with Crippen LogP contribution < -0.4 is 20.9 Å². The standard InChI is InChI=1S/C21H15ClN4O9/c22-15-3-1-2-12(17(15)26(32)33)10-25-18(27)16(35-21(30)31)11-24(19(25)28)14-6-4-13(5-7-14)23-8-9-34-20(23)29/h1-7,11H,8-10H2,(H,30,31). The van der Waals surface area contributed by atoms with Crippen LogP contribution in [0, 0.1) is 10.1 Å². The topological polar surface area (TPSA) is 163 Å². The molecule has 1 aliphatic heterocycles. The highest BCUT2D eigenvalue weighted by molar-refractivity contribution is 6.32. The van der Waals surface area contributed by atoms with Crippen molar-refractivity contribution in [1.82, 2.24) is 9.13 Å². The molecule has 0 aliphatic carbocycles. The summed E-state index contributed by atoms with van der Waals surface area (Å²) in [6.07, 6.45) is -1.42. The Morgan fingerprint density at radius 1 is 1.14 bits per heavy atom. The van der Waals surface area contributed by atoms with Gasteiger partial charge in [0.05, 0.1) is 35.5 Å². The van der Waals surface area contributed by atoms with Gasteiger partial charge >= 0.3 is 17.9 Å². The van der Waals surface area contributed by atoms with E-state index in [4.69, 9.17) is 21.4 Å². The number of para-hydroxylation sites is 1. The van der Waals surface area contributed by atoms with Crippen LogP contribution in [-0.2, 0) is 11.3 Å². The maximum atomic E-state index is 13.2. The second-order valence-electron chi connectivity index (χ2n) is 7.19. The Balaban J connectivity index is 1.83. The Kier molecular flexibility index (Phi) is 6.25. The van der Waals surface area contributed by atoms with Gasteiger partial charge in [0, 0.05) is 5.69 Å². The lowest BCUT2D eigenvalue weighted by molar-refractivity contribution is -0.385. The number of hydrogen-bond acceptors (Lipinski definition) is 8. The fraction of sp³-hybridized carbons (Fsp3) is 0.143. The van der Waals surface area contributed by atoms with Crippen LogP contribution in [0.1, 0.15) is 5.56 Å². The highest BCUT2D eigenvalue weighted by Gasteiger charge is 2.25. The van der Waals surface area contributed by atoms with Crippen molar-refractivity contribution < 1.29 is 29.1 Å². The SMILES string of the molecule is O=C(O)Oc1cn(-c2ccc(N3CCOC3=O)cc2)c(=O)n(Cc2cccc(Cl)c2[N+](=O)[O-])c1=O. The van der Waals surface area contributed by atoms with E-state index in [1.807, 2.05) is 0 Å². The van der Waals surface area contributed by atoms with Crippen LogP contribution in [0.2, 0.25) is 5.02 Å². The van der Waals surface area contributed by atoms with Crippen LogP contribution in [0.15, 0.2) is 58.3 Å². The molecule has 0 saturated carbocycles. The summed E-state index contributed by atoms with van der Waals surface area (Å²) in [5, 5.41) is 20.3. The van der Waals surface area contributed by atoms with E-state index >= 15 is 0 Å². The van der Waals surface area contributed by atoms with Crippen LogP contribution >= 0.6 is 11.6 Å². The number of cyclic esters (lactones) is 1. The first kappa shape index (κ1) is 23.5. The summed E-state index contributed by atoms with van der Waals surface area (Å²) in [4.78, 5) is 61.1. The zero-order chi connectivity index (χ0) is 25.3. The number of rotatable bonds is 6. The van der Waals surface area contributed by atoms with Gasteiger partial charge in [-0.2, -0.15) is 0 Å². The third kappa shape index (κ3) is 4.56. The molecule has 2 aromatic carbocycles. The molecule has 0 bridgehead atoms. The van der Waals surface area contributed by atoms with Crippen LogP contribution in [0.4, 0.5) is 21.0 Å². The van der Waals surface area contributed by atoms with E-state index in [1.165, 1.54) is 47.4 Å². The molecule has 35 heavy (non-hydrogen) atoms. The third-order valence-corrected chi connectivity index (χ3v) is 5.42. The number of nitro benzene ring substituents is 1. The van der Waals surface area contributed by atoms with Gasteiger partial charge in [0.15, 0.2) is 0 Å². The van der Waals surface area contributed by atoms with E-state index in [1.54, 1.807) is 0 Å². The lowest BCUT2D eigenvalue weighted by Gasteiger charge is -2.15. The van der Waals surface area contributed by atoms with E-state index in [0.717, 1.165) is 10.8 Å². The van der Waals surface area contributed by atoms with Crippen LogP contribution in [0.3, 0.4) is 0 Å². The second-order valence-corrected chi connectivity index (χ2v) is 7.60. The molecule has 0 unspecified atom stereocenters. The van der Waals surface area contributed by atoms with Crippen molar-refractivity contribution in [3.63, 3.8) is 0 Å². The molecule has 3 aromatic rings. The lowest BCUT2D eigenvalue weighted by Crippen LogP contribution is -2.40. The maximum absolute atomic E-state index is 13.2. The number of anilines is 1. The average molecular weight is 503 g/mol. The van der Waals surface area contributed by atoms with Crippen LogP contribution in [0.5, 0.6) is 5.75 Å². The van der Waals surface area contributed by atoms with Crippen molar-refractivity contribution in [2.45, 2.75) is 6.54 Å². The fourth-order valence-corrected chi connectivity index (χ4v) is 3.81. The number of carbonyl (C=O) groups is 2. The van der Waals surface area contributed by atoms with Crippen molar-refractivity contribution in [2.75, 3.05) is 18.1 Å². The summed E-state index contributed by atoms with van der Waals surface area (Å²) in [5.41, 5.74) is -1.89. The first-order valence-corrected chi connectivity index (χ1v) is 10.3. The number of carbonyl (C=O) groups excluding carboxylic acids is 1. The molecular weight excluding hydrogens is 488 g/mol. The molecule has 1 N–H and O–H groups in total. The number of nitro groups is 1. The Bertz CT molecular complexity index is 1460. The number of hydrogen-bond donors (Lipinski definition) is 1. The third-order valence-electron chi connectivity index (χ3n) is 5.12. The summed E-state index contributed by atoms with van der Waals surface area (Å²) >= 11 is 5.92. The van der Waals surface area contributed by atoms with E-state index in [2.05, 4.69) is 4.74 Å². The molecule has 4 rings (SSSR count). The van der Waals surface area contributed by atoms with Gasteiger partial charge in [-0.3, -0.25) is 28.9 Å². The Labute approximate surface area is 200 Å². The van der Waals surface area contributed by atoms with E-state index < -0.39 is 46.4 Å². The molecule has 180 valence electrons. The molecule has 1 fully saturated rings. The summed E-state index contributed by atoms with van der Waals surface area (Å²) in [7, 11) is 0. The maximum Gasteiger partial charge on any atom is 0.511 e. The first-order chi connectivity index (χ1) is 16.7. The van der Waals surface area contributed by atoms with Gasteiger partial charge < -0.3 is 14.6 Å². The minimum absolute atomic E-state index is 0.0522. The molecule has 1 aromatic heterocycles. The van der Waals surface area contributed by atoms with Crippen LogP contribution in [-0.4, -0.2) is 44.6 Å². The zero-order valence-corrected chi connectivity index (χ0v) is 18.4. The predicted octanol–water partition coefficient (Wildman–Crippen LogP) is 2.62. The summed E-state index contributed by atoms with van der Waals surface area (Å²) in [6.45, 7) is -0.00237. The summed E-state index contributed by atoms with van der Waals surface area (Å²) in [5.74, 6) is -0.700. The van der Waals surface area contributed by atoms with E-state index in [9.17, 15) is 29.3 Å². The molecule has 1 aliphatic rings. The number of ether oxygens (including phenoxy) is 2. The van der Waals surface area contributed by atoms with E-state index in [-0.39, 0.29) is 22.9 Å². The molecule has 0 spiro atoms. The Hall–Kier alpha value is -4.65. The van der Waals surface area contributed by atoms with Crippen molar-refractivity contribution in [3.05, 3.63) is 90.2 Å². The van der Waals surface area contributed by atoms with Gasteiger partial charge in [0.1, 0.15) is 11.6 Å². The molecule has 1 saturated heterocycles. The van der Waals surface area contributed by atoms with Gasteiger partial charge in [0.2, 0.25) is 5.75 Å². The number of amides is 1. The number of aromatic nitrogens is 2. The van der Waals surface area contributed by atoms with Crippen molar-refractivity contribution in [3.8, 4) is 11.4 Å². The van der Waals surface area contributed by atoms with Gasteiger partial charge in [0.25, 0.3) is 11.2 Å². The van der Waals surface area contributed by atoms with Gasteiger partial charge in [-0.15, -0.1) is 0 Å². The minimum atomic E-state index is -1.80. The molecule has 13 nitrogen and oxygen atoms in total. The molecular formula is C21H15ClN4O9. The molecule has 0 atom stereocenters. The minimum Gasteiger partial charge on any atom is -0.449 e. The van der Waals surface area contributed by atoms with Gasteiger partial charge in [-0.25, -0.2) is 14.4 Å². The number of nitrogens with zero attached hydrogens (tertiary/aromatic N) is 4. The summed E-state index contributed by atoms with van der Waals surface area (Å²) in [6, 6.07) is 9.99. The van der Waals surface area contributed by atoms with Crippen molar-refractivity contribution in [2.24, 2.45) is 0 Å². The average Bonchev–Trinajstić information content (AvgIpc) is 3.24. The highest BCUT2D eigenvalue weighted by Crippen LogP contribution is 2.28. The predicted molar refractivity (Wildman–Crippen MR) is 121 cm³/mol. The van der Waals surface area contributed by atoms with Gasteiger partial charge in [-0.1, -0.05) is 23.7 Å². The smallest absolute Gasteiger partial charge is 0.449 e. The zero-order valence-electron chi connectivity index (χ0n) is 17.6. The second kappa shape index (κ2) is 9.30. The largest absolute Gasteiger partial charge is 0.511 e. The number of halogens is 1. The molecule has 2 heterocycles. The number of carboxylic acid groups (broad SMARTS) is 1. The first-order valence-electron chi connectivity index (χ1n) is 9.91. The van der Waals surface area contributed by atoms with Crippen molar-refractivity contribution in [1.29, 1.82) is 0 Å². The molecule has 14 heteroatoms.